The van der Waals surface area contributed by atoms with Crippen molar-refractivity contribution in [1.29, 1.82) is 5.26 Å². The molecule has 5 nitrogen and oxygen atoms in total. The van der Waals surface area contributed by atoms with Gasteiger partial charge in [0.1, 0.15) is 11.6 Å². The van der Waals surface area contributed by atoms with Gasteiger partial charge in [-0.05, 0) is 49.2 Å². The summed E-state index contributed by atoms with van der Waals surface area (Å²) in [7, 11) is 1.57. The lowest BCUT2D eigenvalue weighted by Crippen LogP contribution is -2.16. The Morgan fingerprint density at radius 1 is 1.08 bits per heavy atom. The van der Waals surface area contributed by atoms with Gasteiger partial charge in [0, 0.05) is 11.1 Å². The van der Waals surface area contributed by atoms with E-state index in [0.29, 0.717) is 22.4 Å². The van der Waals surface area contributed by atoms with Crippen molar-refractivity contribution < 1.29 is 9.53 Å². The predicted octanol–water partition coefficient (Wildman–Crippen LogP) is 3.76. The van der Waals surface area contributed by atoms with Gasteiger partial charge in [-0.3, -0.25) is 4.79 Å². The monoisotopic (exact) mass is 337 g/mol. The Bertz CT molecular complexity index is 833. The second-order valence-electron chi connectivity index (χ2n) is 5.13. The highest BCUT2D eigenvalue weighted by Gasteiger charge is 2.10. The summed E-state index contributed by atoms with van der Waals surface area (Å²) in [4.78, 5) is 16.2. The SMILES string of the molecule is CC.COc1cc(C(N)=NC(=O)c2ccc(C#N)c(C)c2)ccc1C. The van der Waals surface area contributed by atoms with Crippen LogP contribution in [0.5, 0.6) is 5.75 Å². The number of hydrogen-bond donors (Lipinski definition) is 1. The van der Waals surface area contributed by atoms with Gasteiger partial charge in [0.15, 0.2) is 0 Å². The zero-order valence-corrected chi connectivity index (χ0v) is 15.3. The number of carbonyl (C=O) groups excluding carboxylic acids is 1. The maximum Gasteiger partial charge on any atom is 0.278 e. The Kier molecular flexibility index (Phi) is 7.36. The van der Waals surface area contributed by atoms with E-state index in [4.69, 9.17) is 15.7 Å². The minimum atomic E-state index is -0.449. The summed E-state index contributed by atoms with van der Waals surface area (Å²) in [6, 6.07) is 12.2. The van der Waals surface area contributed by atoms with Gasteiger partial charge in [-0.25, -0.2) is 0 Å². The molecule has 0 unspecified atom stereocenters. The molecule has 0 bridgehead atoms. The van der Waals surface area contributed by atoms with Gasteiger partial charge in [0.05, 0.1) is 18.7 Å². The maximum atomic E-state index is 12.2. The molecule has 2 aromatic rings. The van der Waals surface area contributed by atoms with E-state index in [-0.39, 0.29) is 5.84 Å². The Morgan fingerprint density at radius 2 is 1.72 bits per heavy atom. The normalized spacial score (nSPS) is 10.3. The van der Waals surface area contributed by atoms with Gasteiger partial charge in [0.25, 0.3) is 5.91 Å². The number of nitrogens with zero attached hydrogens (tertiary/aromatic N) is 2. The van der Waals surface area contributed by atoms with Crippen LogP contribution in [-0.4, -0.2) is 18.9 Å². The molecule has 1 amide bonds. The number of amidine groups is 1. The number of aryl methyl sites for hydroxylation is 2. The number of aliphatic imine (C=N–C) groups is 1. The molecular weight excluding hydrogens is 314 g/mol. The molecule has 0 heterocycles. The molecule has 0 spiro atoms. The van der Waals surface area contributed by atoms with Crippen LogP contribution in [0.2, 0.25) is 0 Å². The van der Waals surface area contributed by atoms with E-state index < -0.39 is 5.91 Å². The van der Waals surface area contributed by atoms with Crippen LogP contribution in [0.1, 0.15) is 46.5 Å². The fourth-order valence-corrected chi connectivity index (χ4v) is 2.14. The number of nitrogens with two attached hydrogens (primary N) is 1. The van der Waals surface area contributed by atoms with Gasteiger partial charge in [-0.1, -0.05) is 26.0 Å². The minimum absolute atomic E-state index is 0.121. The molecule has 130 valence electrons. The second-order valence-corrected chi connectivity index (χ2v) is 5.13. The van der Waals surface area contributed by atoms with Crippen LogP contribution in [0.25, 0.3) is 0 Å². The number of carbonyl (C=O) groups is 1. The molecule has 0 aliphatic heterocycles. The van der Waals surface area contributed by atoms with Crippen molar-refractivity contribution in [2.24, 2.45) is 10.7 Å². The number of rotatable bonds is 3. The maximum absolute atomic E-state index is 12.2. The van der Waals surface area contributed by atoms with Gasteiger partial charge in [0.2, 0.25) is 0 Å². The highest BCUT2D eigenvalue weighted by Crippen LogP contribution is 2.19. The Morgan fingerprint density at radius 3 is 2.28 bits per heavy atom. The summed E-state index contributed by atoms with van der Waals surface area (Å²) in [6.07, 6.45) is 0. The van der Waals surface area contributed by atoms with E-state index in [0.717, 1.165) is 11.1 Å². The van der Waals surface area contributed by atoms with Gasteiger partial charge in [-0.15, -0.1) is 0 Å². The van der Waals surface area contributed by atoms with Crippen molar-refractivity contribution in [3.8, 4) is 11.8 Å². The van der Waals surface area contributed by atoms with Crippen LogP contribution in [-0.2, 0) is 0 Å². The summed E-state index contributed by atoms with van der Waals surface area (Å²) >= 11 is 0. The topological polar surface area (TPSA) is 88.5 Å². The van der Waals surface area contributed by atoms with E-state index >= 15 is 0 Å². The Hall–Kier alpha value is -3.13. The summed E-state index contributed by atoms with van der Waals surface area (Å²) in [5, 5.41) is 8.92. The minimum Gasteiger partial charge on any atom is -0.496 e. The third-order valence-electron chi connectivity index (χ3n) is 3.52. The average Bonchev–Trinajstić information content (AvgIpc) is 2.63. The summed E-state index contributed by atoms with van der Waals surface area (Å²) in [5.41, 5.74) is 9.16. The van der Waals surface area contributed by atoms with E-state index in [1.165, 1.54) is 0 Å². The number of benzene rings is 2. The van der Waals surface area contributed by atoms with Crippen molar-refractivity contribution in [3.05, 3.63) is 64.2 Å². The molecule has 0 radical (unpaired) electrons. The largest absolute Gasteiger partial charge is 0.496 e. The first-order chi connectivity index (χ1) is 12.0. The molecule has 0 aliphatic rings. The molecule has 0 aliphatic carbocycles. The number of methoxy groups -OCH3 is 1. The van der Waals surface area contributed by atoms with E-state index in [2.05, 4.69) is 11.1 Å². The molecule has 0 aromatic heterocycles. The van der Waals surface area contributed by atoms with Crippen LogP contribution in [0, 0.1) is 25.2 Å². The van der Waals surface area contributed by atoms with E-state index in [9.17, 15) is 4.79 Å². The van der Waals surface area contributed by atoms with Crippen LogP contribution < -0.4 is 10.5 Å². The zero-order chi connectivity index (χ0) is 19.0. The molecule has 0 saturated heterocycles. The van der Waals surface area contributed by atoms with Gasteiger partial charge < -0.3 is 10.5 Å². The molecule has 0 fully saturated rings. The van der Waals surface area contributed by atoms with Crippen LogP contribution in [0.4, 0.5) is 0 Å². The standard InChI is InChI=1S/C18H17N3O2.C2H6/c1-11-4-5-13(9-16(11)23-3)17(20)21-18(22)14-6-7-15(10-19)12(2)8-14;1-2/h4-9H,1-3H3,(H2,20,21,22);1-2H3. The first kappa shape index (κ1) is 19.9. The predicted molar refractivity (Wildman–Crippen MR) is 100 cm³/mol. The molecular formula is C20H23N3O2. The van der Waals surface area contributed by atoms with Gasteiger partial charge >= 0.3 is 0 Å². The smallest absolute Gasteiger partial charge is 0.278 e. The number of hydrogen-bond acceptors (Lipinski definition) is 3. The fourth-order valence-electron chi connectivity index (χ4n) is 2.14. The number of amides is 1. The lowest BCUT2D eigenvalue weighted by atomic mass is 10.1. The van der Waals surface area contributed by atoms with Crippen molar-refractivity contribution in [2.75, 3.05) is 7.11 Å². The highest BCUT2D eigenvalue weighted by atomic mass is 16.5. The average molecular weight is 337 g/mol. The van der Waals surface area contributed by atoms with Crippen LogP contribution >= 0.6 is 0 Å². The molecule has 25 heavy (non-hydrogen) atoms. The Balaban J connectivity index is 0.00000151. The molecule has 2 aromatic carbocycles. The molecule has 2 N–H and O–H groups in total. The lowest BCUT2D eigenvalue weighted by Gasteiger charge is -2.07. The summed E-state index contributed by atoms with van der Waals surface area (Å²) in [6.45, 7) is 7.69. The first-order valence-corrected chi connectivity index (χ1v) is 8.00. The molecule has 0 atom stereocenters. The summed E-state index contributed by atoms with van der Waals surface area (Å²) < 4.78 is 5.24. The van der Waals surface area contributed by atoms with Crippen LogP contribution in [0.3, 0.4) is 0 Å². The highest BCUT2D eigenvalue weighted by molar-refractivity contribution is 6.09. The molecule has 0 saturated carbocycles. The quantitative estimate of drug-likeness (QED) is 0.682. The second kappa shape index (κ2) is 9.24. The van der Waals surface area contributed by atoms with E-state index in [1.807, 2.05) is 26.8 Å². The molecule has 2 rings (SSSR count). The fraction of sp³-hybridized carbons (Fsp3) is 0.250. The Labute approximate surface area is 148 Å². The van der Waals surface area contributed by atoms with Crippen molar-refractivity contribution in [2.45, 2.75) is 27.7 Å². The van der Waals surface area contributed by atoms with Crippen molar-refractivity contribution in [1.82, 2.24) is 0 Å². The van der Waals surface area contributed by atoms with Crippen LogP contribution in [0.15, 0.2) is 41.4 Å². The molecule has 5 heteroatoms. The third-order valence-corrected chi connectivity index (χ3v) is 3.52. The van der Waals surface area contributed by atoms with E-state index in [1.54, 1.807) is 44.4 Å². The van der Waals surface area contributed by atoms with Gasteiger partial charge in [-0.2, -0.15) is 10.3 Å². The number of ether oxygens (including phenoxy) is 1. The van der Waals surface area contributed by atoms with Crippen molar-refractivity contribution in [3.63, 3.8) is 0 Å². The third kappa shape index (κ3) is 4.92. The first-order valence-electron chi connectivity index (χ1n) is 8.00. The lowest BCUT2D eigenvalue weighted by molar-refractivity contribution is 0.100. The number of nitriles is 1. The summed E-state index contributed by atoms with van der Waals surface area (Å²) in [5.74, 6) is 0.354. The van der Waals surface area contributed by atoms with Crippen molar-refractivity contribution >= 4 is 11.7 Å². The zero-order valence-electron chi connectivity index (χ0n) is 15.3.